The predicted octanol–water partition coefficient (Wildman–Crippen LogP) is 1.27. The zero-order valence-corrected chi connectivity index (χ0v) is 13.2. The topological polar surface area (TPSA) is 66.6 Å². The molecule has 1 aliphatic rings. The van der Waals surface area contributed by atoms with E-state index in [-0.39, 0.29) is 24.2 Å². The molecule has 22 heavy (non-hydrogen) atoms. The van der Waals surface area contributed by atoms with E-state index >= 15 is 0 Å². The molecule has 7 heteroatoms. The van der Waals surface area contributed by atoms with Gasteiger partial charge in [-0.25, -0.2) is 4.39 Å². The molecule has 2 N–H and O–H groups in total. The highest BCUT2D eigenvalue weighted by atomic mass is 35.5. The molecule has 1 aromatic carbocycles. The van der Waals surface area contributed by atoms with Gasteiger partial charge in [-0.15, -0.1) is 12.4 Å². The summed E-state index contributed by atoms with van der Waals surface area (Å²) < 4.78 is 13.2. The summed E-state index contributed by atoms with van der Waals surface area (Å²) in [7, 11) is 0. The van der Waals surface area contributed by atoms with Crippen LogP contribution in [0.25, 0.3) is 0 Å². The largest absolute Gasteiger partial charge is 0.341 e. The standard InChI is InChI=1S/C15H20FN3O2.ClH/c16-13-4-1-3-12(11-13)15(21)19-8-2-7-18(9-10-19)14(20)5-6-17;/h1,3-4,11H,2,5-10,17H2;1H. The van der Waals surface area contributed by atoms with E-state index in [4.69, 9.17) is 5.73 Å². The molecule has 2 rings (SSSR count). The Bertz CT molecular complexity index is 527. The third-order valence-corrected chi connectivity index (χ3v) is 3.57. The van der Waals surface area contributed by atoms with Crippen LogP contribution in [-0.2, 0) is 4.79 Å². The molecule has 0 aromatic heterocycles. The van der Waals surface area contributed by atoms with Crippen LogP contribution in [0.5, 0.6) is 0 Å². The van der Waals surface area contributed by atoms with Crippen molar-refractivity contribution in [1.82, 2.24) is 9.80 Å². The summed E-state index contributed by atoms with van der Waals surface area (Å²) in [6, 6.07) is 5.68. The van der Waals surface area contributed by atoms with E-state index in [9.17, 15) is 14.0 Å². The highest BCUT2D eigenvalue weighted by Crippen LogP contribution is 2.11. The van der Waals surface area contributed by atoms with Crippen molar-refractivity contribution in [1.29, 1.82) is 0 Å². The average Bonchev–Trinajstić information content (AvgIpc) is 2.72. The molecule has 1 aliphatic heterocycles. The molecular formula is C15H21ClFN3O2. The van der Waals surface area contributed by atoms with Gasteiger partial charge in [0.25, 0.3) is 5.91 Å². The summed E-state index contributed by atoms with van der Waals surface area (Å²) in [5.74, 6) is -0.587. The second-order valence-corrected chi connectivity index (χ2v) is 5.08. The van der Waals surface area contributed by atoms with Crippen LogP contribution >= 0.6 is 12.4 Å². The number of carbonyl (C=O) groups excluding carboxylic acids is 2. The van der Waals surface area contributed by atoms with E-state index in [1.165, 1.54) is 18.2 Å². The Labute approximate surface area is 135 Å². The molecule has 1 fully saturated rings. The van der Waals surface area contributed by atoms with Crippen LogP contribution in [0.3, 0.4) is 0 Å². The molecule has 5 nitrogen and oxygen atoms in total. The van der Waals surface area contributed by atoms with E-state index in [1.54, 1.807) is 15.9 Å². The number of rotatable bonds is 3. The SMILES string of the molecule is Cl.NCCC(=O)N1CCCN(C(=O)c2cccc(F)c2)CC1. The van der Waals surface area contributed by atoms with Crippen LogP contribution in [-0.4, -0.2) is 54.3 Å². The molecule has 0 saturated carbocycles. The smallest absolute Gasteiger partial charge is 0.254 e. The molecule has 0 spiro atoms. The molecule has 1 heterocycles. The van der Waals surface area contributed by atoms with Crippen LogP contribution in [0.1, 0.15) is 23.2 Å². The summed E-state index contributed by atoms with van der Waals surface area (Å²) in [6.07, 6.45) is 1.05. The minimum Gasteiger partial charge on any atom is -0.341 e. The number of amides is 2. The van der Waals surface area contributed by atoms with Crippen molar-refractivity contribution < 1.29 is 14.0 Å². The lowest BCUT2D eigenvalue weighted by molar-refractivity contribution is -0.130. The van der Waals surface area contributed by atoms with Crippen molar-refractivity contribution in [3.05, 3.63) is 35.6 Å². The first-order valence-corrected chi connectivity index (χ1v) is 7.14. The van der Waals surface area contributed by atoms with Crippen LogP contribution in [0.4, 0.5) is 4.39 Å². The third kappa shape index (κ3) is 4.68. The number of nitrogens with two attached hydrogens (primary N) is 1. The highest BCUT2D eigenvalue weighted by Gasteiger charge is 2.22. The van der Waals surface area contributed by atoms with Crippen molar-refractivity contribution >= 4 is 24.2 Å². The lowest BCUT2D eigenvalue weighted by Gasteiger charge is -2.22. The number of nitrogens with zero attached hydrogens (tertiary/aromatic N) is 2. The van der Waals surface area contributed by atoms with Crippen LogP contribution in [0.2, 0.25) is 0 Å². The van der Waals surface area contributed by atoms with Gasteiger partial charge in [-0.1, -0.05) is 6.07 Å². The van der Waals surface area contributed by atoms with Gasteiger partial charge in [0.2, 0.25) is 5.91 Å². The van der Waals surface area contributed by atoms with E-state index in [0.29, 0.717) is 44.7 Å². The van der Waals surface area contributed by atoms with E-state index in [2.05, 4.69) is 0 Å². The maximum atomic E-state index is 13.2. The zero-order valence-electron chi connectivity index (χ0n) is 12.3. The predicted molar refractivity (Wildman–Crippen MR) is 84.4 cm³/mol. The Morgan fingerprint density at radius 2 is 1.82 bits per heavy atom. The van der Waals surface area contributed by atoms with Gasteiger partial charge in [0.15, 0.2) is 0 Å². The van der Waals surface area contributed by atoms with Gasteiger partial charge in [0, 0.05) is 44.7 Å². The monoisotopic (exact) mass is 329 g/mol. The first-order valence-electron chi connectivity index (χ1n) is 7.14. The van der Waals surface area contributed by atoms with Gasteiger partial charge in [-0.05, 0) is 24.6 Å². The molecule has 1 saturated heterocycles. The van der Waals surface area contributed by atoms with E-state index < -0.39 is 5.82 Å². The molecule has 2 amide bonds. The quantitative estimate of drug-likeness (QED) is 0.908. The molecular weight excluding hydrogens is 309 g/mol. The minimum absolute atomic E-state index is 0. The summed E-state index contributed by atoms with van der Waals surface area (Å²) in [6.45, 7) is 2.50. The summed E-state index contributed by atoms with van der Waals surface area (Å²) in [5.41, 5.74) is 5.74. The van der Waals surface area contributed by atoms with Crippen molar-refractivity contribution in [3.8, 4) is 0 Å². The van der Waals surface area contributed by atoms with Gasteiger partial charge in [-0.3, -0.25) is 9.59 Å². The first kappa shape index (κ1) is 18.4. The number of benzene rings is 1. The van der Waals surface area contributed by atoms with Crippen molar-refractivity contribution in [2.24, 2.45) is 5.73 Å². The number of halogens is 2. The third-order valence-electron chi connectivity index (χ3n) is 3.57. The molecule has 0 unspecified atom stereocenters. The zero-order chi connectivity index (χ0) is 15.2. The molecule has 122 valence electrons. The number of carbonyl (C=O) groups is 2. The fourth-order valence-corrected chi connectivity index (χ4v) is 2.46. The van der Waals surface area contributed by atoms with Gasteiger partial charge in [0.1, 0.15) is 5.82 Å². The maximum absolute atomic E-state index is 13.2. The second kappa shape index (κ2) is 8.70. The summed E-state index contributed by atoms with van der Waals surface area (Å²) in [4.78, 5) is 27.6. The fourth-order valence-electron chi connectivity index (χ4n) is 2.46. The van der Waals surface area contributed by atoms with Crippen molar-refractivity contribution in [2.75, 3.05) is 32.7 Å². The summed E-state index contributed by atoms with van der Waals surface area (Å²) in [5, 5.41) is 0. The van der Waals surface area contributed by atoms with Gasteiger partial charge < -0.3 is 15.5 Å². The van der Waals surface area contributed by atoms with Gasteiger partial charge >= 0.3 is 0 Å². The minimum atomic E-state index is -0.421. The number of hydrogen-bond acceptors (Lipinski definition) is 3. The van der Waals surface area contributed by atoms with E-state index in [0.717, 1.165) is 6.42 Å². The normalized spacial score (nSPS) is 15.0. The fraction of sp³-hybridized carbons (Fsp3) is 0.467. The van der Waals surface area contributed by atoms with Crippen molar-refractivity contribution in [2.45, 2.75) is 12.8 Å². The molecule has 0 bridgehead atoms. The highest BCUT2D eigenvalue weighted by molar-refractivity contribution is 5.94. The first-order chi connectivity index (χ1) is 10.1. The second-order valence-electron chi connectivity index (χ2n) is 5.08. The Hall–Kier alpha value is -1.66. The van der Waals surface area contributed by atoms with E-state index in [1.807, 2.05) is 0 Å². The van der Waals surface area contributed by atoms with Crippen LogP contribution in [0, 0.1) is 5.82 Å². The van der Waals surface area contributed by atoms with Crippen LogP contribution < -0.4 is 5.73 Å². The average molecular weight is 330 g/mol. The maximum Gasteiger partial charge on any atom is 0.254 e. The van der Waals surface area contributed by atoms with Crippen molar-refractivity contribution in [3.63, 3.8) is 0 Å². The molecule has 0 atom stereocenters. The van der Waals surface area contributed by atoms with Gasteiger partial charge in [0.05, 0.1) is 0 Å². The lowest BCUT2D eigenvalue weighted by atomic mass is 10.2. The molecule has 1 aromatic rings. The number of hydrogen-bond donors (Lipinski definition) is 1. The summed E-state index contributed by atoms with van der Waals surface area (Å²) >= 11 is 0. The Morgan fingerprint density at radius 3 is 2.50 bits per heavy atom. The molecule has 0 radical (unpaired) electrons. The van der Waals surface area contributed by atoms with Crippen LogP contribution in [0.15, 0.2) is 24.3 Å². The lowest BCUT2D eigenvalue weighted by Crippen LogP contribution is -2.37. The Kier molecular flexibility index (Phi) is 7.27. The Balaban J connectivity index is 0.00000242. The van der Waals surface area contributed by atoms with Gasteiger partial charge in [-0.2, -0.15) is 0 Å². The Morgan fingerprint density at radius 1 is 1.14 bits per heavy atom. The molecule has 0 aliphatic carbocycles.